The molecule has 0 saturated heterocycles. The van der Waals surface area contributed by atoms with Crippen molar-refractivity contribution in [1.29, 1.82) is 0 Å². The zero-order valence-electron chi connectivity index (χ0n) is 10.8. The number of alkyl halides is 3. The number of hydrogen-bond acceptors (Lipinski definition) is 3. The van der Waals surface area contributed by atoms with Crippen molar-refractivity contribution in [1.82, 2.24) is 0 Å². The molecule has 1 unspecified atom stereocenters. The van der Waals surface area contributed by atoms with Crippen molar-refractivity contribution in [3.8, 4) is 5.75 Å². The fraction of sp³-hybridized carbons (Fsp3) is 0.538. The number of nitrogens with one attached hydrogen (secondary N) is 1. The Morgan fingerprint density at radius 3 is 2.79 bits per heavy atom. The van der Waals surface area contributed by atoms with Crippen LogP contribution in [-0.2, 0) is 10.9 Å². The number of ether oxygens (including phenoxy) is 2. The minimum Gasteiger partial charge on any atom is -0.484 e. The van der Waals surface area contributed by atoms with Crippen LogP contribution in [0.15, 0.2) is 18.2 Å². The van der Waals surface area contributed by atoms with Crippen molar-refractivity contribution in [3.63, 3.8) is 0 Å². The van der Waals surface area contributed by atoms with Crippen LogP contribution < -0.4 is 10.1 Å². The Kier molecular flexibility index (Phi) is 3.89. The molecule has 2 rings (SSSR count). The van der Waals surface area contributed by atoms with Gasteiger partial charge >= 0.3 is 6.18 Å². The SMILES string of the molecule is CC(C)OCC1CNc2cc(C(F)(F)F)ccc2O1. The van der Waals surface area contributed by atoms with Gasteiger partial charge in [-0.05, 0) is 32.0 Å². The number of anilines is 1. The average Bonchev–Trinajstić information content (AvgIpc) is 2.34. The van der Waals surface area contributed by atoms with E-state index in [0.29, 0.717) is 24.6 Å². The van der Waals surface area contributed by atoms with E-state index in [9.17, 15) is 13.2 Å². The number of rotatable bonds is 3. The van der Waals surface area contributed by atoms with Crippen molar-refractivity contribution >= 4 is 5.69 Å². The smallest absolute Gasteiger partial charge is 0.416 e. The van der Waals surface area contributed by atoms with Gasteiger partial charge in [0.05, 0.1) is 30.5 Å². The first kappa shape index (κ1) is 14.0. The molecule has 0 bridgehead atoms. The van der Waals surface area contributed by atoms with Crippen LogP contribution in [0, 0.1) is 0 Å². The molecule has 0 fully saturated rings. The molecule has 0 saturated carbocycles. The van der Waals surface area contributed by atoms with E-state index in [4.69, 9.17) is 9.47 Å². The van der Waals surface area contributed by atoms with Crippen LogP contribution in [0.2, 0.25) is 0 Å². The molecule has 1 aromatic carbocycles. The number of benzene rings is 1. The summed E-state index contributed by atoms with van der Waals surface area (Å²) in [7, 11) is 0. The number of halogens is 3. The fourth-order valence-electron chi connectivity index (χ4n) is 1.78. The maximum Gasteiger partial charge on any atom is 0.416 e. The molecule has 1 aliphatic heterocycles. The van der Waals surface area contributed by atoms with Gasteiger partial charge in [-0.2, -0.15) is 13.2 Å². The Bertz CT molecular complexity index is 446. The zero-order valence-corrected chi connectivity index (χ0v) is 10.8. The Hall–Kier alpha value is -1.43. The topological polar surface area (TPSA) is 30.5 Å². The van der Waals surface area contributed by atoms with Crippen LogP contribution in [0.3, 0.4) is 0 Å². The lowest BCUT2D eigenvalue weighted by atomic mass is 10.1. The summed E-state index contributed by atoms with van der Waals surface area (Å²) < 4.78 is 48.7. The summed E-state index contributed by atoms with van der Waals surface area (Å²) in [6, 6.07) is 3.42. The lowest BCUT2D eigenvalue weighted by Gasteiger charge is -2.28. The molecule has 1 aliphatic rings. The minimum absolute atomic E-state index is 0.0950. The standard InChI is InChI=1S/C13H16F3NO2/c1-8(2)18-7-10-6-17-11-5-9(13(14,15)16)3-4-12(11)19-10/h3-5,8,10,17H,6-7H2,1-2H3. The Balaban J connectivity index is 2.06. The molecule has 19 heavy (non-hydrogen) atoms. The summed E-state index contributed by atoms with van der Waals surface area (Å²) in [6.45, 7) is 4.67. The third-order valence-corrected chi connectivity index (χ3v) is 2.74. The van der Waals surface area contributed by atoms with Crippen molar-refractivity contribution in [2.45, 2.75) is 32.2 Å². The quantitative estimate of drug-likeness (QED) is 0.918. The highest BCUT2D eigenvalue weighted by Gasteiger charge is 2.32. The van der Waals surface area contributed by atoms with E-state index in [1.54, 1.807) is 0 Å². The summed E-state index contributed by atoms with van der Waals surface area (Å²) >= 11 is 0. The highest BCUT2D eigenvalue weighted by Crippen LogP contribution is 2.36. The van der Waals surface area contributed by atoms with Crippen molar-refractivity contribution < 1.29 is 22.6 Å². The maximum atomic E-state index is 12.6. The van der Waals surface area contributed by atoms with Crippen LogP contribution >= 0.6 is 0 Å². The molecule has 0 spiro atoms. The van der Waals surface area contributed by atoms with E-state index >= 15 is 0 Å². The van der Waals surface area contributed by atoms with Crippen LogP contribution in [0.1, 0.15) is 19.4 Å². The van der Waals surface area contributed by atoms with Crippen LogP contribution in [0.4, 0.5) is 18.9 Å². The molecule has 6 heteroatoms. The van der Waals surface area contributed by atoms with Gasteiger partial charge in [0.1, 0.15) is 11.9 Å². The second kappa shape index (κ2) is 5.28. The van der Waals surface area contributed by atoms with E-state index in [1.165, 1.54) is 6.07 Å². The van der Waals surface area contributed by atoms with Crippen LogP contribution in [-0.4, -0.2) is 25.4 Å². The molecule has 0 aliphatic carbocycles. The first-order valence-electron chi connectivity index (χ1n) is 6.09. The first-order valence-corrected chi connectivity index (χ1v) is 6.09. The van der Waals surface area contributed by atoms with Gasteiger partial charge in [0.25, 0.3) is 0 Å². The zero-order chi connectivity index (χ0) is 14.0. The van der Waals surface area contributed by atoms with E-state index < -0.39 is 11.7 Å². The number of hydrogen-bond donors (Lipinski definition) is 1. The fourth-order valence-corrected chi connectivity index (χ4v) is 1.78. The third-order valence-electron chi connectivity index (χ3n) is 2.74. The first-order chi connectivity index (χ1) is 8.86. The summed E-state index contributed by atoms with van der Waals surface area (Å²) in [6.07, 6.45) is -4.43. The van der Waals surface area contributed by atoms with E-state index in [2.05, 4.69) is 5.32 Å². The highest BCUT2D eigenvalue weighted by molar-refractivity contribution is 5.60. The number of fused-ring (bicyclic) bond motifs is 1. The van der Waals surface area contributed by atoms with Gasteiger partial charge in [0.15, 0.2) is 0 Å². The Morgan fingerprint density at radius 2 is 2.16 bits per heavy atom. The molecule has 1 heterocycles. The molecule has 3 nitrogen and oxygen atoms in total. The van der Waals surface area contributed by atoms with Gasteiger partial charge < -0.3 is 14.8 Å². The van der Waals surface area contributed by atoms with Crippen molar-refractivity contribution in [3.05, 3.63) is 23.8 Å². The maximum absolute atomic E-state index is 12.6. The van der Waals surface area contributed by atoms with E-state index in [0.717, 1.165) is 12.1 Å². The lowest BCUT2D eigenvalue weighted by Crippen LogP contribution is -2.35. The Morgan fingerprint density at radius 1 is 1.42 bits per heavy atom. The third kappa shape index (κ3) is 3.53. The second-order valence-corrected chi connectivity index (χ2v) is 4.71. The summed E-state index contributed by atoms with van der Waals surface area (Å²) in [5, 5.41) is 2.94. The van der Waals surface area contributed by atoms with Gasteiger partial charge in [-0.15, -0.1) is 0 Å². The minimum atomic E-state index is -4.34. The molecule has 106 valence electrons. The summed E-state index contributed by atoms with van der Waals surface area (Å²) in [5.74, 6) is 0.427. The van der Waals surface area contributed by atoms with E-state index in [1.807, 2.05) is 13.8 Å². The van der Waals surface area contributed by atoms with Gasteiger partial charge in [0.2, 0.25) is 0 Å². The second-order valence-electron chi connectivity index (χ2n) is 4.71. The summed E-state index contributed by atoms with van der Waals surface area (Å²) in [5.41, 5.74) is -0.310. The van der Waals surface area contributed by atoms with Crippen LogP contribution in [0.5, 0.6) is 5.75 Å². The van der Waals surface area contributed by atoms with E-state index in [-0.39, 0.29) is 12.2 Å². The van der Waals surface area contributed by atoms with Gasteiger partial charge in [-0.1, -0.05) is 0 Å². The van der Waals surface area contributed by atoms with Crippen LogP contribution in [0.25, 0.3) is 0 Å². The predicted octanol–water partition coefficient (Wildman–Crippen LogP) is 3.30. The molecule has 1 N–H and O–H groups in total. The molecular formula is C13H16F3NO2. The highest BCUT2D eigenvalue weighted by atomic mass is 19.4. The molecule has 0 aromatic heterocycles. The van der Waals surface area contributed by atoms with Gasteiger partial charge in [-0.25, -0.2) is 0 Å². The normalized spacial score (nSPS) is 18.7. The molecule has 0 amide bonds. The van der Waals surface area contributed by atoms with Crippen molar-refractivity contribution in [2.75, 3.05) is 18.5 Å². The summed E-state index contributed by atoms with van der Waals surface area (Å²) in [4.78, 5) is 0. The van der Waals surface area contributed by atoms with Gasteiger partial charge in [-0.3, -0.25) is 0 Å². The largest absolute Gasteiger partial charge is 0.484 e. The Labute approximate surface area is 109 Å². The monoisotopic (exact) mass is 275 g/mol. The van der Waals surface area contributed by atoms with Crippen molar-refractivity contribution in [2.24, 2.45) is 0 Å². The molecule has 1 atom stereocenters. The molecule has 1 aromatic rings. The average molecular weight is 275 g/mol. The molecule has 0 radical (unpaired) electrons. The lowest BCUT2D eigenvalue weighted by molar-refractivity contribution is -0.137. The van der Waals surface area contributed by atoms with Gasteiger partial charge in [0, 0.05) is 0 Å². The molecular weight excluding hydrogens is 259 g/mol. The predicted molar refractivity (Wildman–Crippen MR) is 65.4 cm³/mol.